The van der Waals surface area contributed by atoms with E-state index in [4.69, 9.17) is 21.3 Å². The Kier molecular flexibility index (Phi) is 8.79. The lowest BCUT2D eigenvalue weighted by Crippen LogP contribution is -2.26. The fourth-order valence-electron chi connectivity index (χ4n) is 4.18. The number of unbranched alkanes of at least 4 members (excludes halogenated alkanes) is 2. The van der Waals surface area contributed by atoms with Gasteiger partial charge in [-0.25, -0.2) is 4.98 Å². The molecule has 0 fully saturated rings. The molecule has 0 bridgehead atoms. The van der Waals surface area contributed by atoms with Crippen molar-refractivity contribution >= 4 is 28.5 Å². The zero-order valence-electron chi connectivity index (χ0n) is 20.2. The van der Waals surface area contributed by atoms with Gasteiger partial charge in [0.25, 0.3) is 0 Å². The number of nitrogens with zero attached hydrogens (tertiary/aromatic N) is 2. The van der Waals surface area contributed by atoms with E-state index in [1.165, 1.54) is 0 Å². The number of para-hydroxylation sites is 2. The molecular formula is C29H32ClN3O2. The fraction of sp³-hybridized carbons (Fsp3) is 0.310. The molecule has 35 heavy (non-hydrogen) atoms. The molecule has 6 heteroatoms. The first-order valence-electron chi connectivity index (χ1n) is 12.2. The number of ether oxygens (including phenoxy) is 1. The Morgan fingerprint density at radius 2 is 1.80 bits per heavy atom. The first-order chi connectivity index (χ1) is 17.1. The lowest BCUT2D eigenvalue weighted by atomic mass is 10.1. The molecule has 4 aromatic rings. The molecule has 4 rings (SSSR count). The minimum atomic E-state index is 0.0777. The Bertz CT molecular complexity index is 1250. The number of fused-ring (bicyclic) bond motifs is 1. The number of aromatic nitrogens is 2. The van der Waals surface area contributed by atoms with E-state index in [-0.39, 0.29) is 5.91 Å². The lowest BCUT2D eigenvalue weighted by molar-refractivity contribution is -0.120. The van der Waals surface area contributed by atoms with Gasteiger partial charge in [0.15, 0.2) is 0 Å². The third-order valence-corrected chi connectivity index (χ3v) is 6.48. The largest absolute Gasteiger partial charge is 0.492 e. The van der Waals surface area contributed by atoms with Crippen molar-refractivity contribution in [2.75, 3.05) is 13.2 Å². The van der Waals surface area contributed by atoms with Crippen LogP contribution in [-0.2, 0) is 24.2 Å². The number of benzene rings is 3. The molecule has 1 N–H and O–H groups in total. The Morgan fingerprint density at radius 3 is 2.63 bits per heavy atom. The van der Waals surface area contributed by atoms with E-state index in [1.54, 1.807) is 0 Å². The highest BCUT2D eigenvalue weighted by atomic mass is 35.5. The van der Waals surface area contributed by atoms with Crippen LogP contribution in [0, 0.1) is 6.92 Å². The number of halogens is 1. The van der Waals surface area contributed by atoms with E-state index in [0.717, 1.165) is 71.0 Å². The quantitative estimate of drug-likeness (QED) is 0.243. The smallest absolute Gasteiger partial charge is 0.224 e. The highest BCUT2D eigenvalue weighted by Crippen LogP contribution is 2.22. The van der Waals surface area contributed by atoms with E-state index < -0.39 is 0 Å². The van der Waals surface area contributed by atoms with Crippen LogP contribution in [0.15, 0.2) is 72.8 Å². The molecule has 0 unspecified atom stereocenters. The molecule has 0 aliphatic heterocycles. The molecule has 0 radical (unpaired) electrons. The minimum Gasteiger partial charge on any atom is -0.492 e. The first-order valence-corrected chi connectivity index (χ1v) is 12.6. The van der Waals surface area contributed by atoms with Gasteiger partial charge in [-0.05, 0) is 61.2 Å². The predicted octanol–water partition coefficient (Wildman–Crippen LogP) is 6.15. The summed E-state index contributed by atoms with van der Waals surface area (Å²) in [6.07, 6.45) is 4.35. The number of hydrogen-bond acceptors (Lipinski definition) is 3. The summed E-state index contributed by atoms with van der Waals surface area (Å²) in [5, 5.41) is 3.78. The van der Waals surface area contributed by atoms with Crippen LogP contribution in [0.2, 0.25) is 5.02 Å². The van der Waals surface area contributed by atoms with Gasteiger partial charge >= 0.3 is 0 Å². The number of nitrogens with one attached hydrogen (secondary N) is 1. The average Bonchev–Trinajstić information content (AvgIpc) is 3.21. The second kappa shape index (κ2) is 12.4. The van der Waals surface area contributed by atoms with Gasteiger partial charge < -0.3 is 14.6 Å². The Morgan fingerprint density at radius 1 is 1.00 bits per heavy atom. The predicted molar refractivity (Wildman–Crippen MR) is 142 cm³/mol. The summed E-state index contributed by atoms with van der Waals surface area (Å²) in [4.78, 5) is 17.0. The van der Waals surface area contributed by atoms with Crippen molar-refractivity contribution in [2.24, 2.45) is 0 Å². The Balaban J connectivity index is 1.25. The SMILES string of the molecule is Cc1cc(OCCn2c(CCCCCNC(=O)Cc3ccccc3)nc3ccccc32)ccc1Cl. The number of carbonyl (C=O) groups is 1. The molecule has 1 aromatic heterocycles. The van der Waals surface area contributed by atoms with Gasteiger partial charge in [0.05, 0.1) is 24.0 Å². The summed E-state index contributed by atoms with van der Waals surface area (Å²) in [5.41, 5.74) is 4.19. The van der Waals surface area contributed by atoms with Crippen LogP contribution in [0.1, 0.15) is 36.2 Å². The molecule has 0 spiro atoms. The van der Waals surface area contributed by atoms with Crippen molar-refractivity contribution in [2.45, 2.75) is 45.6 Å². The minimum absolute atomic E-state index is 0.0777. The van der Waals surface area contributed by atoms with Crippen LogP contribution in [0.4, 0.5) is 0 Å². The normalized spacial score (nSPS) is 11.0. The summed E-state index contributed by atoms with van der Waals surface area (Å²) in [6.45, 7) is 3.97. The van der Waals surface area contributed by atoms with Crippen LogP contribution >= 0.6 is 11.6 Å². The molecule has 1 heterocycles. The van der Waals surface area contributed by atoms with E-state index in [9.17, 15) is 4.79 Å². The van der Waals surface area contributed by atoms with Gasteiger partial charge in [0.1, 0.15) is 18.2 Å². The maximum atomic E-state index is 12.1. The molecule has 5 nitrogen and oxygen atoms in total. The highest BCUT2D eigenvalue weighted by Gasteiger charge is 2.11. The molecule has 3 aromatic carbocycles. The van der Waals surface area contributed by atoms with Crippen molar-refractivity contribution in [1.82, 2.24) is 14.9 Å². The van der Waals surface area contributed by atoms with E-state index in [1.807, 2.05) is 67.6 Å². The third kappa shape index (κ3) is 7.09. The highest BCUT2D eigenvalue weighted by molar-refractivity contribution is 6.31. The zero-order valence-corrected chi connectivity index (χ0v) is 20.9. The van der Waals surface area contributed by atoms with Gasteiger partial charge in [-0.15, -0.1) is 0 Å². The standard InChI is InChI=1S/C29H32ClN3O2/c1-22-20-24(15-16-25(22)30)35-19-18-33-27-13-8-7-12-26(27)32-28(33)14-6-3-9-17-31-29(34)21-23-10-4-2-5-11-23/h2,4-5,7-8,10-13,15-16,20H,3,6,9,14,17-19,21H2,1H3,(H,31,34). The van der Waals surface area contributed by atoms with Crippen molar-refractivity contribution in [3.63, 3.8) is 0 Å². The maximum absolute atomic E-state index is 12.1. The second-order valence-corrected chi connectivity index (χ2v) is 9.16. The van der Waals surface area contributed by atoms with Crippen LogP contribution in [0.3, 0.4) is 0 Å². The van der Waals surface area contributed by atoms with E-state index in [2.05, 4.69) is 22.0 Å². The van der Waals surface area contributed by atoms with Gasteiger partial charge in [-0.2, -0.15) is 0 Å². The van der Waals surface area contributed by atoms with Crippen LogP contribution < -0.4 is 10.1 Å². The second-order valence-electron chi connectivity index (χ2n) is 8.75. The third-order valence-electron chi connectivity index (χ3n) is 6.05. The van der Waals surface area contributed by atoms with Crippen molar-refractivity contribution in [3.8, 4) is 5.75 Å². The number of amides is 1. The van der Waals surface area contributed by atoms with Crippen LogP contribution in [0.25, 0.3) is 11.0 Å². The molecule has 1 amide bonds. The number of rotatable bonds is 12. The summed E-state index contributed by atoms with van der Waals surface area (Å²) in [7, 11) is 0. The summed E-state index contributed by atoms with van der Waals surface area (Å²) in [5.74, 6) is 1.98. The fourth-order valence-corrected chi connectivity index (χ4v) is 4.30. The summed E-state index contributed by atoms with van der Waals surface area (Å²) >= 11 is 6.12. The summed E-state index contributed by atoms with van der Waals surface area (Å²) in [6, 6.07) is 23.8. The zero-order chi connectivity index (χ0) is 24.5. The van der Waals surface area contributed by atoms with Gasteiger partial charge in [0.2, 0.25) is 5.91 Å². The molecule has 182 valence electrons. The molecule has 0 aliphatic rings. The average molecular weight is 490 g/mol. The topological polar surface area (TPSA) is 56.1 Å². The van der Waals surface area contributed by atoms with Crippen molar-refractivity contribution < 1.29 is 9.53 Å². The maximum Gasteiger partial charge on any atom is 0.224 e. The number of imidazole rings is 1. The van der Waals surface area contributed by atoms with Crippen LogP contribution in [-0.4, -0.2) is 28.6 Å². The molecule has 0 atom stereocenters. The van der Waals surface area contributed by atoms with E-state index in [0.29, 0.717) is 19.6 Å². The molecule has 0 saturated heterocycles. The van der Waals surface area contributed by atoms with Gasteiger partial charge in [0, 0.05) is 18.0 Å². The van der Waals surface area contributed by atoms with Crippen molar-refractivity contribution in [3.05, 3.63) is 94.8 Å². The van der Waals surface area contributed by atoms with Gasteiger partial charge in [-0.3, -0.25) is 4.79 Å². The lowest BCUT2D eigenvalue weighted by Gasteiger charge is -2.12. The molecule has 0 saturated carbocycles. The Labute approximate surface area is 212 Å². The summed E-state index contributed by atoms with van der Waals surface area (Å²) < 4.78 is 8.26. The molecular weight excluding hydrogens is 458 g/mol. The van der Waals surface area contributed by atoms with E-state index >= 15 is 0 Å². The molecule has 0 aliphatic carbocycles. The van der Waals surface area contributed by atoms with Crippen molar-refractivity contribution in [1.29, 1.82) is 0 Å². The number of aryl methyl sites for hydroxylation is 2. The first kappa shape index (κ1) is 24.8. The number of hydrogen-bond donors (Lipinski definition) is 1. The monoisotopic (exact) mass is 489 g/mol. The number of carbonyl (C=O) groups excluding carboxylic acids is 1. The Hall–Kier alpha value is -3.31. The van der Waals surface area contributed by atoms with Gasteiger partial charge in [-0.1, -0.05) is 60.5 Å². The van der Waals surface area contributed by atoms with Crippen LogP contribution in [0.5, 0.6) is 5.75 Å².